The van der Waals surface area contributed by atoms with Crippen molar-refractivity contribution >= 4 is 39.6 Å². The molecule has 0 unspecified atom stereocenters. The lowest BCUT2D eigenvalue weighted by Gasteiger charge is -2.00. The number of aromatic nitrogens is 2. The van der Waals surface area contributed by atoms with Gasteiger partial charge in [-0.25, -0.2) is 9.37 Å². The molecule has 0 radical (unpaired) electrons. The Kier molecular flexibility index (Phi) is 4.12. The van der Waals surface area contributed by atoms with Crippen LogP contribution in [0.4, 0.5) is 4.39 Å². The van der Waals surface area contributed by atoms with E-state index < -0.39 is 5.82 Å². The van der Waals surface area contributed by atoms with Gasteiger partial charge in [0, 0.05) is 12.6 Å². The number of aromatic amines is 1. The molecule has 0 atom stereocenters. The molecule has 0 fully saturated rings. The largest absolute Gasteiger partial charge is 0.355 e. The van der Waals surface area contributed by atoms with Crippen molar-refractivity contribution in [3.63, 3.8) is 0 Å². The van der Waals surface area contributed by atoms with Crippen LogP contribution in [-0.4, -0.2) is 22.9 Å². The van der Waals surface area contributed by atoms with E-state index in [1.807, 2.05) is 0 Å². The monoisotopic (exact) mass is 329 g/mol. The SMILES string of the molecule is CNC(=O)c1ccc(C=C(Cl)c2nc3c(F)cccc3[nH]2)cc1. The van der Waals surface area contributed by atoms with Crippen LogP contribution in [0.3, 0.4) is 0 Å². The number of carbonyl (C=O) groups excluding carboxylic acids is 1. The fourth-order valence-corrected chi connectivity index (χ4v) is 2.42. The van der Waals surface area contributed by atoms with Crippen LogP contribution < -0.4 is 5.32 Å². The summed E-state index contributed by atoms with van der Waals surface area (Å²) in [5, 5.41) is 2.91. The summed E-state index contributed by atoms with van der Waals surface area (Å²) in [5.41, 5.74) is 2.21. The molecule has 0 spiro atoms. The van der Waals surface area contributed by atoms with E-state index in [9.17, 15) is 9.18 Å². The highest BCUT2D eigenvalue weighted by Crippen LogP contribution is 2.24. The highest BCUT2D eigenvalue weighted by Gasteiger charge is 2.09. The molecule has 0 saturated heterocycles. The van der Waals surface area contributed by atoms with Crippen molar-refractivity contribution in [2.75, 3.05) is 7.05 Å². The fourth-order valence-electron chi connectivity index (χ4n) is 2.20. The van der Waals surface area contributed by atoms with Gasteiger partial charge in [-0.05, 0) is 35.9 Å². The molecular formula is C17H13ClFN3O. The van der Waals surface area contributed by atoms with Crippen LogP contribution in [-0.2, 0) is 0 Å². The number of fused-ring (bicyclic) bond motifs is 1. The number of para-hydroxylation sites is 1. The second-order valence-electron chi connectivity index (χ2n) is 4.91. The summed E-state index contributed by atoms with van der Waals surface area (Å²) in [4.78, 5) is 18.6. The molecule has 1 aromatic heterocycles. The zero-order valence-corrected chi connectivity index (χ0v) is 13.0. The van der Waals surface area contributed by atoms with E-state index >= 15 is 0 Å². The zero-order valence-electron chi connectivity index (χ0n) is 12.2. The Morgan fingerprint density at radius 3 is 2.65 bits per heavy atom. The maximum absolute atomic E-state index is 13.7. The Morgan fingerprint density at radius 1 is 1.26 bits per heavy atom. The first-order valence-electron chi connectivity index (χ1n) is 6.92. The van der Waals surface area contributed by atoms with Crippen molar-refractivity contribution < 1.29 is 9.18 Å². The first kappa shape index (κ1) is 15.2. The van der Waals surface area contributed by atoms with Gasteiger partial charge in [-0.1, -0.05) is 29.8 Å². The summed E-state index contributed by atoms with van der Waals surface area (Å²) in [6, 6.07) is 11.6. The molecule has 3 aromatic rings. The maximum Gasteiger partial charge on any atom is 0.251 e. The van der Waals surface area contributed by atoms with Crippen LogP contribution in [0.5, 0.6) is 0 Å². The first-order chi connectivity index (χ1) is 11.1. The molecule has 6 heteroatoms. The van der Waals surface area contributed by atoms with Gasteiger partial charge in [0.25, 0.3) is 5.91 Å². The third-order valence-corrected chi connectivity index (χ3v) is 3.67. The van der Waals surface area contributed by atoms with E-state index in [-0.39, 0.29) is 11.4 Å². The van der Waals surface area contributed by atoms with Crippen LogP contribution in [0.25, 0.3) is 22.1 Å². The fraction of sp³-hybridized carbons (Fsp3) is 0.0588. The van der Waals surface area contributed by atoms with Crippen molar-refractivity contribution in [2.24, 2.45) is 0 Å². The average molecular weight is 330 g/mol. The van der Waals surface area contributed by atoms with Crippen molar-refractivity contribution in [3.05, 3.63) is 65.2 Å². The van der Waals surface area contributed by atoms with Gasteiger partial charge in [-0.15, -0.1) is 0 Å². The molecule has 2 N–H and O–H groups in total. The Hall–Kier alpha value is -2.66. The number of rotatable bonds is 3. The number of hydrogen-bond donors (Lipinski definition) is 2. The lowest BCUT2D eigenvalue weighted by molar-refractivity contribution is 0.0963. The van der Waals surface area contributed by atoms with Gasteiger partial charge in [0.2, 0.25) is 0 Å². The molecule has 1 amide bonds. The molecule has 116 valence electrons. The number of halogens is 2. The number of amides is 1. The number of imidazole rings is 1. The summed E-state index contributed by atoms with van der Waals surface area (Å²) in [6.45, 7) is 0. The first-order valence-corrected chi connectivity index (χ1v) is 7.30. The van der Waals surface area contributed by atoms with Gasteiger partial charge in [-0.3, -0.25) is 4.79 Å². The standard InChI is InChI=1S/C17H13ClFN3O/c1-20-17(23)11-7-5-10(6-8-11)9-12(18)16-21-14-4-2-3-13(19)15(14)22-16/h2-9H,1H3,(H,20,23)(H,21,22). The van der Waals surface area contributed by atoms with Gasteiger partial charge >= 0.3 is 0 Å². The van der Waals surface area contributed by atoms with Gasteiger partial charge < -0.3 is 10.3 Å². The molecule has 3 rings (SSSR count). The Labute approximate surface area is 137 Å². The average Bonchev–Trinajstić information content (AvgIpc) is 3.00. The number of nitrogens with one attached hydrogen (secondary N) is 2. The van der Waals surface area contributed by atoms with Crippen LogP contribution in [0, 0.1) is 5.82 Å². The summed E-state index contributed by atoms with van der Waals surface area (Å²) in [6.07, 6.45) is 1.70. The normalized spacial score (nSPS) is 11.7. The molecule has 2 aromatic carbocycles. The van der Waals surface area contributed by atoms with Gasteiger partial charge in [0.15, 0.2) is 5.82 Å². The van der Waals surface area contributed by atoms with Crippen molar-refractivity contribution in [1.82, 2.24) is 15.3 Å². The van der Waals surface area contributed by atoms with E-state index in [4.69, 9.17) is 11.6 Å². The molecule has 0 aliphatic heterocycles. The predicted octanol–water partition coefficient (Wildman–Crippen LogP) is 3.80. The molecule has 1 heterocycles. The topological polar surface area (TPSA) is 57.8 Å². The van der Waals surface area contributed by atoms with E-state index in [1.54, 1.807) is 49.5 Å². The lowest BCUT2D eigenvalue weighted by atomic mass is 10.1. The van der Waals surface area contributed by atoms with Crippen LogP contribution in [0.15, 0.2) is 42.5 Å². The zero-order chi connectivity index (χ0) is 16.4. The minimum absolute atomic E-state index is 0.153. The van der Waals surface area contributed by atoms with E-state index in [2.05, 4.69) is 15.3 Å². The third kappa shape index (κ3) is 3.10. The molecule has 0 saturated carbocycles. The molecular weight excluding hydrogens is 317 g/mol. The second kappa shape index (κ2) is 6.22. The Balaban J connectivity index is 1.91. The summed E-state index contributed by atoms with van der Waals surface area (Å²) < 4.78 is 13.7. The predicted molar refractivity (Wildman–Crippen MR) is 89.6 cm³/mol. The highest BCUT2D eigenvalue weighted by molar-refractivity contribution is 6.50. The van der Waals surface area contributed by atoms with E-state index in [1.165, 1.54) is 6.07 Å². The van der Waals surface area contributed by atoms with Crippen LogP contribution in [0.1, 0.15) is 21.7 Å². The number of carbonyl (C=O) groups is 1. The number of hydrogen-bond acceptors (Lipinski definition) is 2. The molecule has 0 aliphatic rings. The lowest BCUT2D eigenvalue weighted by Crippen LogP contribution is -2.17. The maximum atomic E-state index is 13.7. The smallest absolute Gasteiger partial charge is 0.251 e. The number of benzene rings is 2. The molecule has 23 heavy (non-hydrogen) atoms. The Morgan fingerprint density at radius 2 is 2.00 bits per heavy atom. The minimum atomic E-state index is -0.399. The number of nitrogens with zero attached hydrogens (tertiary/aromatic N) is 1. The van der Waals surface area contributed by atoms with Crippen LogP contribution >= 0.6 is 11.6 Å². The summed E-state index contributed by atoms with van der Waals surface area (Å²) in [5.74, 6) is -0.161. The van der Waals surface area contributed by atoms with E-state index in [0.717, 1.165) is 5.56 Å². The number of H-pyrrole nitrogens is 1. The van der Waals surface area contributed by atoms with E-state index in [0.29, 0.717) is 21.9 Å². The molecule has 0 aliphatic carbocycles. The van der Waals surface area contributed by atoms with Crippen molar-refractivity contribution in [3.8, 4) is 0 Å². The van der Waals surface area contributed by atoms with Crippen molar-refractivity contribution in [2.45, 2.75) is 0 Å². The van der Waals surface area contributed by atoms with Gasteiger partial charge in [0.1, 0.15) is 11.3 Å². The third-order valence-electron chi connectivity index (χ3n) is 3.38. The van der Waals surface area contributed by atoms with Gasteiger partial charge in [0.05, 0.1) is 10.5 Å². The summed E-state index contributed by atoms with van der Waals surface area (Å²) in [7, 11) is 1.58. The second-order valence-corrected chi connectivity index (χ2v) is 5.32. The highest BCUT2D eigenvalue weighted by atomic mass is 35.5. The summed E-state index contributed by atoms with van der Waals surface area (Å²) >= 11 is 6.26. The molecule has 4 nitrogen and oxygen atoms in total. The molecule has 0 bridgehead atoms. The van der Waals surface area contributed by atoms with Gasteiger partial charge in [-0.2, -0.15) is 0 Å². The quantitative estimate of drug-likeness (QED) is 0.768. The minimum Gasteiger partial charge on any atom is -0.355 e. The van der Waals surface area contributed by atoms with Crippen LogP contribution in [0.2, 0.25) is 0 Å². The Bertz CT molecular complexity index is 900. The van der Waals surface area contributed by atoms with Crippen molar-refractivity contribution in [1.29, 1.82) is 0 Å².